The van der Waals surface area contributed by atoms with Crippen LogP contribution in [-0.2, 0) is 21.2 Å². The van der Waals surface area contributed by atoms with Crippen LogP contribution in [-0.4, -0.2) is 31.5 Å². The van der Waals surface area contributed by atoms with Gasteiger partial charge in [-0.2, -0.15) is 0 Å². The topological polar surface area (TPSA) is 54.5 Å². The highest BCUT2D eigenvalue weighted by Crippen LogP contribution is 2.23. The summed E-state index contributed by atoms with van der Waals surface area (Å²) in [5, 5.41) is 0.433. The van der Waals surface area contributed by atoms with E-state index >= 15 is 0 Å². The third-order valence-electron chi connectivity index (χ3n) is 3.16. The minimum absolute atomic E-state index is 0.0676. The Hall–Kier alpha value is -1.34. The number of amides is 1. The third kappa shape index (κ3) is 5.08. The van der Waals surface area contributed by atoms with Gasteiger partial charge >= 0.3 is 0 Å². The summed E-state index contributed by atoms with van der Waals surface area (Å²) in [6.07, 6.45) is 1.56. The molecular formula is C16H15Cl2NO3S2. The molecule has 0 aliphatic heterocycles. The number of carbonyl (C=O) groups is 1. The largest absolute Gasteiger partial charge is 0.333 e. The lowest BCUT2D eigenvalue weighted by Gasteiger charge is -2.20. The molecule has 24 heavy (non-hydrogen) atoms. The first-order chi connectivity index (χ1) is 11.3. The van der Waals surface area contributed by atoms with Gasteiger partial charge < -0.3 is 4.90 Å². The average Bonchev–Trinajstić information content (AvgIpc) is 2.92. The van der Waals surface area contributed by atoms with E-state index in [1.165, 1.54) is 40.5 Å². The van der Waals surface area contributed by atoms with Gasteiger partial charge in [-0.05, 0) is 36.4 Å². The number of hydrogen-bond donors (Lipinski definition) is 0. The number of thiophene rings is 1. The normalized spacial score (nSPS) is 11.2. The Morgan fingerprint density at radius 1 is 1.17 bits per heavy atom. The number of carbonyl (C=O) groups excluding carboxylic acids is 1. The van der Waals surface area contributed by atoms with Crippen LogP contribution in [0.4, 0.5) is 0 Å². The molecule has 1 heterocycles. The van der Waals surface area contributed by atoms with Gasteiger partial charge in [-0.3, -0.25) is 4.79 Å². The summed E-state index contributed by atoms with van der Waals surface area (Å²) in [6, 6.07) is 9.29. The zero-order valence-electron chi connectivity index (χ0n) is 12.6. The van der Waals surface area contributed by atoms with Gasteiger partial charge in [0.15, 0.2) is 9.84 Å². The average molecular weight is 404 g/mol. The van der Waals surface area contributed by atoms with Crippen molar-refractivity contribution in [3.8, 4) is 0 Å². The van der Waals surface area contributed by atoms with E-state index in [1.807, 2.05) is 6.07 Å². The van der Waals surface area contributed by atoms with Gasteiger partial charge in [-0.15, -0.1) is 17.9 Å². The van der Waals surface area contributed by atoms with Crippen molar-refractivity contribution in [3.63, 3.8) is 0 Å². The van der Waals surface area contributed by atoms with Crippen molar-refractivity contribution in [2.24, 2.45) is 0 Å². The maximum Gasteiger partial charge on any atom is 0.238 e. The monoisotopic (exact) mass is 403 g/mol. The summed E-state index contributed by atoms with van der Waals surface area (Å²) in [7, 11) is -3.73. The van der Waals surface area contributed by atoms with Crippen LogP contribution < -0.4 is 0 Å². The fourth-order valence-electron chi connectivity index (χ4n) is 2.01. The van der Waals surface area contributed by atoms with Gasteiger partial charge in [0, 0.05) is 16.4 Å². The standard InChI is InChI=1S/C16H15Cl2NO3S2/c1-2-9-19(10-13-5-8-15(18)23-13)16(20)11-24(21,22)14-6-3-12(17)4-7-14/h2-8H,1,9-11H2. The minimum Gasteiger partial charge on any atom is -0.333 e. The Labute approximate surface area is 155 Å². The molecule has 0 saturated carbocycles. The Bertz CT molecular complexity index is 829. The number of hydrogen-bond acceptors (Lipinski definition) is 4. The van der Waals surface area contributed by atoms with E-state index in [0.29, 0.717) is 15.9 Å². The highest BCUT2D eigenvalue weighted by Gasteiger charge is 2.23. The fraction of sp³-hybridized carbons (Fsp3) is 0.188. The van der Waals surface area contributed by atoms with E-state index in [1.54, 1.807) is 12.1 Å². The van der Waals surface area contributed by atoms with E-state index in [-0.39, 0.29) is 11.4 Å². The van der Waals surface area contributed by atoms with Crippen molar-refractivity contribution in [1.29, 1.82) is 0 Å². The first-order valence-corrected chi connectivity index (χ1v) is 10.2. The highest BCUT2D eigenvalue weighted by atomic mass is 35.5. The predicted molar refractivity (Wildman–Crippen MR) is 98.4 cm³/mol. The smallest absolute Gasteiger partial charge is 0.238 e. The molecule has 1 aromatic heterocycles. The van der Waals surface area contributed by atoms with Crippen molar-refractivity contribution >= 4 is 50.3 Å². The zero-order valence-corrected chi connectivity index (χ0v) is 15.8. The van der Waals surface area contributed by atoms with E-state index in [9.17, 15) is 13.2 Å². The predicted octanol–water partition coefficient (Wildman–Crippen LogP) is 4.04. The second kappa shape index (κ2) is 8.16. The maximum atomic E-state index is 12.4. The molecule has 8 heteroatoms. The number of nitrogens with zero attached hydrogens (tertiary/aromatic N) is 1. The Kier molecular flexibility index (Phi) is 6.46. The van der Waals surface area contributed by atoms with E-state index < -0.39 is 21.5 Å². The van der Waals surface area contributed by atoms with Crippen LogP contribution in [0.2, 0.25) is 9.36 Å². The molecule has 0 fully saturated rings. The van der Waals surface area contributed by atoms with Gasteiger partial charge in [-0.25, -0.2) is 8.42 Å². The lowest BCUT2D eigenvalue weighted by molar-refractivity contribution is -0.128. The van der Waals surface area contributed by atoms with Crippen molar-refractivity contribution in [2.75, 3.05) is 12.3 Å². The van der Waals surface area contributed by atoms with Crippen LogP contribution in [0.15, 0.2) is 53.9 Å². The molecule has 4 nitrogen and oxygen atoms in total. The molecule has 128 valence electrons. The Morgan fingerprint density at radius 2 is 1.83 bits per heavy atom. The summed E-state index contributed by atoms with van der Waals surface area (Å²) in [5.41, 5.74) is 0. The molecule has 0 radical (unpaired) electrons. The SMILES string of the molecule is C=CCN(Cc1ccc(Cl)s1)C(=O)CS(=O)(=O)c1ccc(Cl)cc1. The first-order valence-electron chi connectivity index (χ1n) is 6.93. The molecule has 1 aromatic carbocycles. The van der Waals surface area contributed by atoms with Crippen LogP contribution in [0.1, 0.15) is 4.88 Å². The zero-order chi connectivity index (χ0) is 17.7. The Balaban J connectivity index is 2.14. The molecule has 0 aliphatic rings. The molecule has 0 unspecified atom stereocenters. The Morgan fingerprint density at radius 3 is 2.38 bits per heavy atom. The fourth-order valence-corrected chi connectivity index (χ4v) is 4.47. The van der Waals surface area contributed by atoms with Gasteiger partial charge in [0.1, 0.15) is 5.75 Å². The molecule has 0 bridgehead atoms. The van der Waals surface area contributed by atoms with Crippen LogP contribution >= 0.6 is 34.5 Å². The molecule has 0 spiro atoms. The van der Waals surface area contributed by atoms with Crippen molar-refractivity contribution in [2.45, 2.75) is 11.4 Å². The van der Waals surface area contributed by atoms with Crippen molar-refractivity contribution in [1.82, 2.24) is 4.90 Å². The number of benzene rings is 1. The second-order valence-electron chi connectivity index (χ2n) is 4.98. The summed E-state index contributed by atoms with van der Waals surface area (Å²) in [5.74, 6) is -1.10. The molecule has 0 saturated heterocycles. The number of rotatable bonds is 7. The summed E-state index contributed by atoms with van der Waals surface area (Å²) >= 11 is 13.0. The van der Waals surface area contributed by atoms with Crippen molar-refractivity contribution < 1.29 is 13.2 Å². The van der Waals surface area contributed by atoms with Crippen LogP contribution in [0, 0.1) is 0 Å². The molecule has 2 aromatic rings. The van der Waals surface area contributed by atoms with Crippen LogP contribution in [0.5, 0.6) is 0 Å². The third-order valence-corrected chi connectivity index (χ3v) is 6.25. The van der Waals surface area contributed by atoms with Gasteiger partial charge in [-0.1, -0.05) is 29.3 Å². The molecule has 2 rings (SSSR count). The number of halogens is 2. The lowest BCUT2D eigenvalue weighted by Crippen LogP contribution is -2.35. The summed E-state index contributed by atoms with van der Waals surface area (Å²) < 4.78 is 25.4. The number of sulfone groups is 1. The van der Waals surface area contributed by atoms with E-state index in [2.05, 4.69) is 6.58 Å². The molecular weight excluding hydrogens is 389 g/mol. The second-order valence-corrected chi connectivity index (χ2v) is 9.21. The quantitative estimate of drug-likeness (QED) is 0.655. The molecule has 0 atom stereocenters. The van der Waals surface area contributed by atoms with E-state index in [0.717, 1.165) is 4.88 Å². The minimum atomic E-state index is -3.73. The maximum absolute atomic E-state index is 12.4. The lowest BCUT2D eigenvalue weighted by atomic mass is 10.4. The van der Waals surface area contributed by atoms with Gasteiger partial charge in [0.25, 0.3) is 0 Å². The van der Waals surface area contributed by atoms with Crippen molar-refractivity contribution in [3.05, 3.63) is 63.3 Å². The summed E-state index contributed by atoms with van der Waals surface area (Å²) in [4.78, 5) is 14.8. The molecule has 1 amide bonds. The van der Waals surface area contributed by atoms with E-state index in [4.69, 9.17) is 23.2 Å². The molecule has 0 N–H and O–H groups in total. The highest BCUT2D eigenvalue weighted by molar-refractivity contribution is 7.92. The summed E-state index contributed by atoms with van der Waals surface area (Å²) in [6.45, 7) is 4.16. The van der Waals surface area contributed by atoms with Crippen LogP contribution in [0.25, 0.3) is 0 Å². The van der Waals surface area contributed by atoms with Crippen LogP contribution in [0.3, 0.4) is 0 Å². The van der Waals surface area contributed by atoms with Gasteiger partial charge in [0.2, 0.25) is 5.91 Å². The van der Waals surface area contributed by atoms with Gasteiger partial charge in [0.05, 0.1) is 15.8 Å². The first kappa shape index (κ1) is 19.0. The molecule has 0 aliphatic carbocycles.